The number of sulfonamides is 1. The first-order valence-electron chi connectivity index (χ1n) is 11.1. The zero-order valence-electron chi connectivity index (χ0n) is 18.8. The van der Waals surface area contributed by atoms with Crippen LogP contribution in [0.2, 0.25) is 0 Å². The van der Waals surface area contributed by atoms with Crippen LogP contribution in [0.25, 0.3) is 0 Å². The monoisotopic (exact) mass is 475 g/mol. The summed E-state index contributed by atoms with van der Waals surface area (Å²) in [5, 5.41) is 0. The number of carbonyl (C=O) groups is 1. The van der Waals surface area contributed by atoms with Crippen molar-refractivity contribution in [1.82, 2.24) is 14.1 Å². The number of benzene rings is 1. The molecule has 1 saturated carbocycles. The summed E-state index contributed by atoms with van der Waals surface area (Å²) in [4.78, 5) is 17.0. The van der Waals surface area contributed by atoms with Gasteiger partial charge in [-0.3, -0.25) is 9.69 Å². The molecule has 10 heteroatoms. The Labute approximate surface area is 188 Å². The smallest absolute Gasteiger partial charge is 0.340 e. The number of carbonyl (C=O) groups excluding carboxylic acids is 1. The van der Waals surface area contributed by atoms with E-state index >= 15 is 0 Å². The minimum Gasteiger partial charge on any atom is -0.340 e. The quantitative estimate of drug-likeness (QED) is 0.655. The van der Waals surface area contributed by atoms with Gasteiger partial charge in [-0.1, -0.05) is 0 Å². The van der Waals surface area contributed by atoms with Gasteiger partial charge in [-0.15, -0.1) is 0 Å². The molecule has 1 heterocycles. The van der Waals surface area contributed by atoms with Crippen LogP contribution in [0.1, 0.15) is 45.1 Å². The maximum Gasteiger partial charge on any atom is 0.416 e. The van der Waals surface area contributed by atoms with Gasteiger partial charge in [0.2, 0.25) is 15.9 Å². The molecule has 3 rings (SSSR count). The number of amides is 1. The van der Waals surface area contributed by atoms with Gasteiger partial charge in [0.25, 0.3) is 0 Å². The van der Waals surface area contributed by atoms with Crippen LogP contribution in [0.15, 0.2) is 29.2 Å². The summed E-state index contributed by atoms with van der Waals surface area (Å²) in [6, 6.07) is 3.76. The lowest BCUT2D eigenvalue weighted by Crippen LogP contribution is -2.52. The zero-order valence-corrected chi connectivity index (χ0v) is 19.6. The molecule has 180 valence electrons. The van der Waals surface area contributed by atoms with E-state index in [1.165, 1.54) is 11.4 Å². The topological polar surface area (TPSA) is 60.9 Å². The second kappa shape index (κ2) is 9.69. The van der Waals surface area contributed by atoms with Gasteiger partial charge in [-0.2, -0.15) is 17.5 Å². The number of hydrogen-bond acceptors (Lipinski definition) is 4. The maximum absolute atomic E-state index is 12.9. The minimum absolute atomic E-state index is 0.0981. The zero-order chi connectivity index (χ0) is 23.7. The van der Waals surface area contributed by atoms with Crippen molar-refractivity contribution in [2.75, 3.05) is 33.2 Å². The molecule has 1 amide bonds. The Morgan fingerprint density at radius 1 is 1.00 bits per heavy atom. The van der Waals surface area contributed by atoms with Gasteiger partial charge in [0.15, 0.2) is 0 Å². The fourth-order valence-corrected chi connectivity index (χ4v) is 6.00. The number of piperazine rings is 1. The Morgan fingerprint density at radius 3 is 2.00 bits per heavy atom. The van der Waals surface area contributed by atoms with Crippen molar-refractivity contribution in [1.29, 1.82) is 0 Å². The summed E-state index contributed by atoms with van der Waals surface area (Å²) in [5.74, 6) is 0.0547. The summed E-state index contributed by atoms with van der Waals surface area (Å²) >= 11 is 0. The van der Waals surface area contributed by atoms with Crippen LogP contribution in [0.5, 0.6) is 0 Å². The van der Waals surface area contributed by atoms with E-state index in [2.05, 4.69) is 18.7 Å². The predicted molar refractivity (Wildman–Crippen MR) is 115 cm³/mol. The van der Waals surface area contributed by atoms with Gasteiger partial charge in [-0.25, -0.2) is 8.42 Å². The van der Waals surface area contributed by atoms with Gasteiger partial charge >= 0.3 is 6.18 Å². The van der Waals surface area contributed by atoms with Gasteiger partial charge in [0.1, 0.15) is 0 Å². The Balaban J connectivity index is 1.57. The second-order valence-electron chi connectivity index (χ2n) is 9.00. The van der Waals surface area contributed by atoms with Crippen molar-refractivity contribution in [3.63, 3.8) is 0 Å². The second-order valence-corrected chi connectivity index (χ2v) is 11.0. The molecule has 0 atom stereocenters. The first-order valence-corrected chi connectivity index (χ1v) is 12.5. The third kappa shape index (κ3) is 5.46. The lowest BCUT2D eigenvalue weighted by atomic mass is 9.85. The van der Waals surface area contributed by atoms with E-state index in [1.807, 2.05) is 4.90 Å². The van der Waals surface area contributed by atoms with Crippen LogP contribution in [-0.4, -0.2) is 73.7 Å². The lowest BCUT2D eigenvalue weighted by molar-refractivity contribution is -0.139. The number of halogens is 3. The SMILES string of the molecule is CC(C)N1CCN(C(=O)C2CCC(N(C)S(=O)(=O)c3ccc(C(F)(F)F)cc3)CC2)CC1. The Kier molecular flexibility index (Phi) is 7.56. The highest BCUT2D eigenvalue weighted by atomic mass is 32.2. The summed E-state index contributed by atoms with van der Waals surface area (Å²) in [7, 11) is -2.45. The van der Waals surface area contributed by atoms with E-state index in [-0.39, 0.29) is 22.8 Å². The van der Waals surface area contributed by atoms with E-state index in [4.69, 9.17) is 0 Å². The minimum atomic E-state index is -4.51. The molecule has 1 saturated heterocycles. The molecule has 1 aromatic carbocycles. The molecule has 0 N–H and O–H groups in total. The number of alkyl halides is 3. The summed E-state index contributed by atoms with van der Waals surface area (Å²) in [5.41, 5.74) is -0.882. The van der Waals surface area contributed by atoms with E-state index < -0.39 is 21.8 Å². The molecule has 2 aliphatic rings. The number of nitrogens with zero attached hydrogens (tertiary/aromatic N) is 3. The average Bonchev–Trinajstić information content (AvgIpc) is 2.77. The maximum atomic E-state index is 12.9. The Bertz CT molecular complexity index is 887. The molecule has 0 aromatic heterocycles. The highest BCUT2D eigenvalue weighted by molar-refractivity contribution is 7.89. The number of hydrogen-bond donors (Lipinski definition) is 0. The van der Waals surface area contributed by atoms with Crippen molar-refractivity contribution in [2.45, 2.75) is 62.7 Å². The van der Waals surface area contributed by atoms with E-state index in [9.17, 15) is 26.4 Å². The molecule has 1 aromatic rings. The first kappa shape index (κ1) is 25.0. The molecular formula is C22H32F3N3O3S. The molecule has 0 radical (unpaired) electrons. The van der Waals surface area contributed by atoms with Crippen LogP contribution in [-0.2, 0) is 21.0 Å². The Morgan fingerprint density at radius 2 is 1.53 bits per heavy atom. The molecule has 6 nitrogen and oxygen atoms in total. The van der Waals surface area contributed by atoms with Crippen LogP contribution in [0.3, 0.4) is 0 Å². The van der Waals surface area contributed by atoms with Gasteiger partial charge in [0, 0.05) is 51.2 Å². The molecule has 0 unspecified atom stereocenters. The van der Waals surface area contributed by atoms with E-state index in [0.29, 0.717) is 31.7 Å². The van der Waals surface area contributed by atoms with Gasteiger partial charge in [0.05, 0.1) is 10.5 Å². The normalized spacial score (nSPS) is 23.7. The molecule has 0 spiro atoms. The fourth-order valence-electron chi connectivity index (χ4n) is 4.58. The van der Waals surface area contributed by atoms with Crippen LogP contribution in [0.4, 0.5) is 13.2 Å². The molecule has 1 aliphatic carbocycles. The van der Waals surface area contributed by atoms with Gasteiger partial charge in [-0.05, 0) is 63.8 Å². The first-order chi connectivity index (χ1) is 14.9. The fraction of sp³-hybridized carbons (Fsp3) is 0.682. The lowest BCUT2D eigenvalue weighted by Gasteiger charge is -2.40. The summed E-state index contributed by atoms with van der Waals surface area (Å²) in [6.45, 7) is 7.47. The summed E-state index contributed by atoms with van der Waals surface area (Å²) in [6.07, 6.45) is -2.18. The average molecular weight is 476 g/mol. The van der Waals surface area contributed by atoms with Crippen LogP contribution in [0, 0.1) is 5.92 Å². The van der Waals surface area contributed by atoms with Crippen molar-refractivity contribution in [2.24, 2.45) is 5.92 Å². The van der Waals surface area contributed by atoms with Crippen molar-refractivity contribution in [3.05, 3.63) is 29.8 Å². The predicted octanol–water partition coefficient (Wildman–Crippen LogP) is 3.44. The summed E-state index contributed by atoms with van der Waals surface area (Å²) < 4.78 is 65.3. The highest BCUT2D eigenvalue weighted by Gasteiger charge is 2.36. The van der Waals surface area contributed by atoms with Gasteiger partial charge < -0.3 is 4.90 Å². The highest BCUT2D eigenvalue weighted by Crippen LogP contribution is 2.33. The van der Waals surface area contributed by atoms with E-state index in [1.54, 1.807) is 0 Å². The molecule has 0 bridgehead atoms. The van der Waals surface area contributed by atoms with Crippen LogP contribution >= 0.6 is 0 Å². The largest absolute Gasteiger partial charge is 0.416 e. The van der Waals surface area contributed by atoms with Crippen molar-refractivity contribution in [3.8, 4) is 0 Å². The standard InChI is InChI=1S/C22H32F3N3O3S/c1-16(2)27-12-14-28(15-13-27)21(29)17-4-8-19(9-5-17)26(3)32(30,31)20-10-6-18(7-11-20)22(23,24)25/h6-7,10-11,16-17,19H,4-5,8-9,12-15H2,1-3H3. The molecular weight excluding hydrogens is 443 g/mol. The molecule has 1 aliphatic heterocycles. The third-order valence-electron chi connectivity index (χ3n) is 6.78. The number of rotatable bonds is 5. The molecule has 2 fully saturated rings. The Hall–Kier alpha value is -1.65. The molecule has 32 heavy (non-hydrogen) atoms. The van der Waals surface area contributed by atoms with Crippen molar-refractivity contribution < 1.29 is 26.4 Å². The van der Waals surface area contributed by atoms with Crippen LogP contribution < -0.4 is 0 Å². The third-order valence-corrected chi connectivity index (χ3v) is 8.70. The van der Waals surface area contributed by atoms with E-state index in [0.717, 1.165) is 50.4 Å². The van der Waals surface area contributed by atoms with Crippen molar-refractivity contribution >= 4 is 15.9 Å².